The van der Waals surface area contributed by atoms with Gasteiger partial charge >= 0.3 is 5.97 Å². The maximum atomic E-state index is 11.0. The molecule has 0 radical (unpaired) electrons. The van der Waals surface area contributed by atoms with Gasteiger partial charge in [-0.2, -0.15) is 0 Å². The summed E-state index contributed by atoms with van der Waals surface area (Å²) >= 11 is 4.94. The smallest absolute Gasteiger partial charge is 0.335 e. The van der Waals surface area contributed by atoms with E-state index in [4.69, 9.17) is 10.8 Å². The number of anilines is 3. The fourth-order valence-electron chi connectivity index (χ4n) is 1.56. The molecule has 94 valence electrons. The van der Waals surface area contributed by atoms with E-state index in [1.165, 1.54) is 6.07 Å². The molecule has 3 N–H and O–H groups in total. The maximum Gasteiger partial charge on any atom is 0.335 e. The second kappa shape index (κ2) is 4.99. The zero-order valence-electron chi connectivity index (χ0n) is 9.55. The monoisotopic (exact) mass is 326 g/mol. The first-order chi connectivity index (χ1) is 8.49. The van der Waals surface area contributed by atoms with Gasteiger partial charge in [0.05, 0.1) is 21.9 Å². The van der Waals surface area contributed by atoms with Gasteiger partial charge in [0.15, 0.2) is 0 Å². The van der Waals surface area contributed by atoms with E-state index in [9.17, 15) is 4.79 Å². The predicted octanol–water partition coefficient (Wildman–Crippen LogP) is 3.56. The second-order valence-corrected chi connectivity index (χ2v) is 5.55. The van der Waals surface area contributed by atoms with Gasteiger partial charge in [-0.15, -0.1) is 11.3 Å². The molecule has 2 rings (SSSR count). The minimum absolute atomic E-state index is 0.224. The lowest BCUT2D eigenvalue weighted by atomic mass is 10.1. The van der Waals surface area contributed by atoms with Crippen LogP contribution in [0.25, 0.3) is 0 Å². The highest BCUT2D eigenvalue weighted by molar-refractivity contribution is 9.10. The Morgan fingerprint density at radius 2 is 2.17 bits per heavy atom. The molecule has 1 aromatic carbocycles. The van der Waals surface area contributed by atoms with Gasteiger partial charge < -0.3 is 15.7 Å². The van der Waals surface area contributed by atoms with Crippen LogP contribution in [0.3, 0.4) is 0 Å². The summed E-state index contributed by atoms with van der Waals surface area (Å²) in [6, 6.07) is 6.64. The van der Waals surface area contributed by atoms with Crippen molar-refractivity contribution in [3.05, 3.63) is 39.7 Å². The van der Waals surface area contributed by atoms with Crippen LogP contribution in [0.5, 0.6) is 0 Å². The molecule has 0 saturated heterocycles. The van der Waals surface area contributed by atoms with Gasteiger partial charge in [0.1, 0.15) is 0 Å². The molecule has 4 nitrogen and oxygen atoms in total. The highest BCUT2D eigenvalue weighted by Gasteiger charge is 2.12. The first-order valence-corrected chi connectivity index (χ1v) is 6.77. The SMILES string of the molecule is CN(c1cc(Br)cs1)c1cc(C(=O)O)ccc1N. The summed E-state index contributed by atoms with van der Waals surface area (Å²) in [7, 11) is 1.86. The minimum atomic E-state index is -0.961. The number of aromatic carboxylic acids is 1. The quantitative estimate of drug-likeness (QED) is 0.846. The summed E-state index contributed by atoms with van der Waals surface area (Å²) in [5, 5.41) is 11.9. The molecule has 6 heteroatoms. The number of hydrogen-bond acceptors (Lipinski definition) is 4. The van der Waals surface area contributed by atoms with Crippen molar-refractivity contribution in [2.24, 2.45) is 0 Å². The normalized spacial score (nSPS) is 10.3. The number of carboxylic acids is 1. The zero-order chi connectivity index (χ0) is 13.3. The third-order valence-corrected chi connectivity index (χ3v) is 4.29. The number of nitrogens with zero attached hydrogens (tertiary/aromatic N) is 1. The Hall–Kier alpha value is -1.53. The molecule has 1 aromatic heterocycles. The number of hydrogen-bond donors (Lipinski definition) is 2. The van der Waals surface area contributed by atoms with Gasteiger partial charge in [-0.25, -0.2) is 4.79 Å². The van der Waals surface area contributed by atoms with Crippen LogP contribution in [0.15, 0.2) is 34.1 Å². The number of benzene rings is 1. The van der Waals surface area contributed by atoms with Crippen molar-refractivity contribution < 1.29 is 9.90 Å². The van der Waals surface area contributed by atoms with Crippen LogP contribution in [0.4, 0.5) is 16.4 Å². The van der Waals surface area contributed by atoms with E-state index < -0.39 is 5.97 Å². The van der Waals surface area contributed by atoms with Crippen LogP contribution >= 0.6 is 27.3 Å². The first-order valence-electron chi connectivity index (χ1n) is 5.09. The highest BCUT2D eigenvalue weighted by atomic mass is 79.9. The average Bonchev–Trinajstić information content (AvgIpc) is 2.75. The van der Waals surface area contributed by atoms with E-state index in [0.717, 1.165) is 9.47 Å². The first kappa shape index (κ1) is 12.9. The number of carboxylic acid groups (broad SMARTS) is 1. The van der Waals surface area contributed by atoms with Crippen LogP contribution in [-0.2, 0) is 0 Å². The Labute approximate surface area is 117 Å². The van der Waals surface area contributed by atoms with E-state index >= 15 is 0 Å². The Bertz CT molecular complexity index is 598. The van der Waals surface area contributed by atoms with Crippen molar-refractivity contribution in [1.29, 1.82) is 0 Å². The molecule has 0 spiro atoms. The maximum absolute atomic E-state index is 11.0. The van der Waals surface area contributed by atoms with Crippen molar-refractivity contribution in [2.75, 3.05) is 17.7 Å². The number of rotatable bonds is 3. The zero-order valence-corrected chi connectivity index (χ0v) is 12.0. The van der Waals surface area contributed by atoms with Crippen molar-refractivity contribution in [2.45, 2.75) is 0 Å². The van der Waals surface area contributed by atoms with Crippen LogP contribution in [0, 0.1) is 0 Å². The van der Waals surface area contributed by atoms with Gasteiger partial charge in [-0.3, -0.25) is 0 Å². The third-order valence-electron chi connectivity index (χ3n) is 2.52. The van der Waals surface area contributed by atoms with E-state index in [1.54, 1.807) is 23.5 Å². The summed E-state index contributed by atoms with van der Waals surface area (Å²) in [6.45, 7) is 0. The topological polar surface area (TPSA) is 66.6 Å². The average molecular weight is 327 g/mol. The Morgan fingerprint density at radius 1 is 1.44 bits per heavy atom. The number of thiophene rings is 1. The van der Waals surface area contributed by atoms with E-state index in [2.05, 4.69) is 15.9 Å². The van der Waals surface area contributed by atoms with Crippen LogP contribution in [0.1, 0.15) is 10.4 Å². The molecule has 0 aliphatic rings. The van der Waals surface area contributed by atoms with E-state index in [0.29, 0.717) is 11.4 Å². The summed E-state index contributed by atoms with van der Waals surface area (Å²) in [5.41, 5.74) is 7.35. The Balaban J connectivity index is 2.43. The van der Waals surface area contributed by atoms with Crippen molar-refractivity contribution in [3.8, 4) is 0 Å². The van der Waals surface area contributed by atoms with Crippen molar-refractivity contribution in [3.63, 3.8) is 0 Å². The number of nitrogen functional groups attached to an aromatic ring is 1. The summed E-state index contributed by atoms with van der Waals surface area (Å²) in [6.07, 6.45) is 0. The predicted molar refractivity (Wildman–Crippen MR) is 77.9 cm³/mol. The highest BCUT2D eigenvalue weighted by Crippen LogP contribution is 2.35. The molecular weight excluding hydrogens is 316 g/mol. The van der Waals surface area contributed by atoms with Crippen LogP contribution < -0.4 is 10.6 Å². The standard InChI is InChI=1S/C12H11BrN2O2S/c1-15(11-5-8(13)6-18-11)10-4-7(12(16)17)2-3-9(10)14/h2-6H,14H2,1H3,(H,16,17). The largest absolute Gasteiger partial charge is 0.478 e. The molecule has 0 saturated carbocycles. The summed E-state index contributed by atoms with van der Waals surface area (Å²) in [5.74, 6) is -0.961. The fraction of sp³-hybridized carbons (Fsp3) is 0.0833. The van der Waals surface area contributed by atoms with E-state index in [-0.39, 0.29) is 5.56 Å². The molecule has 2 aromatic rings. The summed E-state index contributed by atoms with van der Waals surface area (Å²) < 4.78 is 0.988. The molecule has 0 aliphatic heterocycles. The summed E-state index contributed by atoms with van der Waals surface area (Å²) in [4.78, 5) is 12.8. The molecular formula is C12H11BrN2O2S. The van der Waals surface area contributed by atoms with Crippen molar-refractivity contribution >= 4 is 49.6 Å². The minimum Gasteiger partial charge on any atom is -0.478 e. The van der Waals surface area contributed by atoms with Crippen molar-refractivity contribution in [1.82, 2.24) is 0 Å². The van der Waals surface area contributed by atoms with Gasteiger partial charge in [0, 0.05) is 16.9 Å². The molecule has 0 atom stereocenters. The molecule has 0 unspecified atom stereocenters. The molecule has 0 bridgehead atoms. The fourth-order valence-corrected chi connectivity index (χ4v) is 2.97. The van der Waals surface area contributed by atoms with Crippen LogP contribution in [-0.4, -0.2) is 18.1 Å². The Kier molecular flexibility index (Phi) is 3.58. The molecule has 0 fully saturated rings. The van der Waals surface area contributed by atoms with Gasteiger partial charge in [0.25, 0.3) is 0 Å². The number of carbonyl (C=O) groups is 1. The van der Waals surface area contributed by atoms with Gasteiger partial charge in [-0.05, 0) is 40.2 Å². The molecule has 1 heterocycles. The third kappa shape index (κ3) is 2.49. The van der Waals surface area contributed by atoms with E-state index in [1.807, 2.05) is 23.4 Å². The number of nitrogens with two attached hydrogens (primary N) is 1. The van der Waals surface area contributed by atoms with Gasteiger partial charge in [0.2, 0.25) is 0 Å². The number of halogens is 1. The van der Waals surface area contributed by atoms with Crippen LogP contribution in [0.2, 0.25) is 0 Å². The lowest BCUT2D eigenvalue weighted by Crippen LogP contribution is -2.11. The lowest BCUT2D eigenvalue weighted by Gasteiger charge is -2.19. The molecule has 18 heavy (non-hydrogen) atoms. The molecule has 0 aliphatic carbocycles. The second-order valence-electron chi connectivity index (χ2n) is 3.74. The molecule has 0 amide bonds. The Morgan fingerprint density at radius 3 is 2.72 bits per heavy atom. The van der Waals surface area contributed by atoms with Gasteiger partial charge in [-0.1, -0.05) is 0 Å². The lowest BCUT2D eigenvalue weighted by molar-refractivity contribution is 0.0697.